The van der Waals surface area contributed by atoms with Crippen LogP contribution in [0.15, 0.2) is 48.9 Å². The quantitative estimate of drug-likeness (QED) is 0.761. The maximum atomic E-state index is 5.49. The zero-order valence-corrected chi connectivity index (χ0v) is 9.84. The molecule has 0 fully saturated rings. The van der Waals surface area contributed by atoms with Gasteiger partial charge in [-0.2, -0.15) is 0 Å². The van der Waals surface area contributed by atoms with Gasteiger partial charge in [-0.25, -0.2) is 4.98 Å². The summed E-state index contributed by atoms with van der Waals surface area (Å²) in [6.45, 7) is 0.564. The van der Waals surface area contributed by atoms with E-state index in [-0.39, 0.29) is 0 Å². The van der Waals surface area contributed by atoms with E-state index in [1.54, 1.807) is 12.4 Å². The normalized spacial score (nSPS) is 10.7. The van der Waals surface area contributed by atoms with Crippen molar-refractivity contribution < 1.29 is 4.74 Å². The van der Waals surface area contributed by atoms with Gasteiger partial charge in [-0.1, -0.05) is 24.3 Å². The standard InChI is InChI=1S/C14H13N3O/c1-2-4-12-11(3-1)5-7-15-13(12)6-10-18-14-16-8-9-17-14/h1-5,7-9H,6,10H2,(H,16,17). The first-order chi connectivity index (χ1) is 8.93. The average Bonchev–Trinajstić information content (AvgIpc) is 2.92. The molecule has 0 aliphatic heterocycles. The third-order valence-electron chi connectivity index (χ3n) is 2.81. The van der Waals surface area contributed by atoms with Crippen LogP contribution in [0.25, 0.3) is 10.8 Å². The van der Waals surface area contributed by atoms with Crippen molar-refractivity contribution in [1.82, 2.24) is 15.0 Å². The summed E-state index contributed by atoms with van der Waals surface area (Å²) < 4.78 is 5.49. The predicted octanol–water partition coefficient (Wildman–Crippen LogP) is 2.58. The fourth-order valence-corrected chi connectivity index (χ4v) is 1.96. The highest BCUT2D eigenvalue weighted by atomic mass is 16.5. The van der Waals surface area contributed by atoms with Gasteiger partial charge >= 0.3 is 0 Å². The Morgan fingerprint density at radius 1 is 1.06 bits per heavy atom. The molecular formula is C14H13N3O. The number of fused-ring (bicyclic) bond motifs is 1. The lowest BCUT2D eigenvalue weighted by atomic mass is 10.1. The molecule has 2 heterocycles. The van der Waals surface area contributed by atoms with E-state index < -0.39 is 0 Å². The molecule has 0 spiro atoms. The Labute approximate surface area is 105 Å². The topological polar surface area (TPSA) is 50.8 Å². The predicted molar refractivity (Wildman–Crippen MR) is 69.5 cm³/mol. The maximum absolute atomic E-state index is 5.49. The lowest BCUT2D eigenvalue weighted by Crippen LogP contribution is -2.04. The van der Waals surface area contributed by atoms with Crippen LogP contribution in [0, 0.1) is 0 Å². The van der Waals surface area contributed by atoms with Crippen molar-refractivity contribution in [3.63, 3.8) is 0 Å². The summed E-state index contributed by atoms with van der Waals surface area (Å²) >= 11 is 0. The Bertz CT molecular complexity index is 629. The van der Waals surface area contributed by atoms with Crippen molar-refractivity contribution in [1.29, 1.82) is 0 Å². The van der Waals surface area contributed by atoms with Gasteiger partial charge in [0.15, 0.2) is 0 Å². The summed E-state index contributed by atoms with van der Waals surface area (Å²) in [5.74, 6) is 0. The average molecular weight is 239 g/mol. The highest BCUT2D eigenvalue weighted by Gasteiger charge is 2.02. The van der Waals surface area contributed by atoms with Crippen LogP contribution in [0.2, 0.25) is 0 Å². The molecule has 4 nitrogen and oxygen atoms in total. The van der Waals surface area contributed by atoms with Gasteiger partial charge in [0, 0.05) is 30.4 Å². The van der Waals surface area contributed by atoms with E-state index in [1.807, 2.05) is 24.4 Å². The molecule has 0 aliphatic rings. The van der Waals surface area contributed by atoms with Gasteiger partial charge < -0.3 is 9.72 Å². The minimum Gasteiger partial charge on any atom is -0.464 e. The molecular weight excluding hydrogens is 226 g/mol. The Balaban J connectivity index is 1.74. The number of nitrogens with zero attached hydrogens (tertiary/aromatic N) is 2. The number of hydrogen-bond donors (Lipinski definition) is 1. The van der Waals surface area contributed by atoms with Crippen molar-refractivity contribution in [3.05, 3.63) is 54.6 Å². The number of pyridine rings is 1. The highest BCUT2D eigenvalue weighted by molar-refractivity contribution is 5.84. The molecule has 0 saturated carbocycles. The summed E-state index contributed by atoms with van der Waals surface area (Å²) in [6, 6.07) is 10.8. The van der Waals surface area contributed by atoms with Gasteiger partial charge in [-0.3, -0.25) is 4.98 Å². The summed E-state index contributed by atoms with van der Waals surface area (Å²) in [4.78, 5) is 11.3. The zero-order chi connectivity index (χ0) is 12.2. The van der Waals surface area contributed by atoms with Crippen LogP contribution in [-0.2, 0) is 6.42 Å². The summed E-state index contributed by atoms with van der Waals surface area (Å²) in [7, 11) is 0. The Morgan fingerprint density at radius 3 is 2.89 bits per heavy atom. The van der Waals surface area contributed by atoms with Crippen molar-refractivity contribution in [2.24, 2.45) is 0 Å². The van der Waals surface area contributed by atoms with Crippen molar-refractivity contribution in [2.75, 3.05) is 6.61 Å². The number of ether oxygens (including phenoxy) is 1. The van der Waals surface area contributed by atoms with E-state index in [1.165, 1.54) is 10.8 Å². The number of aromatic nitrogens is 3. The number of hydrogen-bond acceptors (Lipinski definition) is 3. The summed E-state index contributed by atoms with van der Waals surface area (Å²) in [5, 5.41) is 2.39. The van der Waals surface area contributed by atoms with E-state index in [0.29, 0.717) is 12.6 Å². The van der Waals surface area contributed by atoms with Gasteiger partial charge in [0.25, 0.3) is 6.01 Å². The van der Waals surface area contributed by atoms with E-state index in [9.17, 15) is 0 Å². The second kappa shape index (κ2) is 4.87. The molecule has 0 saturated heterocycles. The smallest absolute Gasteiger partial charge is 0.293 e. The SMILES string of the molecule is c1ccc2c(CCOc3ncc[nH]3)nccc2c1. The van der Waals surface area contributed by atoms with Gasteiger partial charge in [0.05, 0.1) is 12.3 Å². The second-order valence-corrected chi connectivity index (χ2v) is 3.97. The molecule has 4 heteroatoms. The Hall–Kier alpha value is -2.36. The molecule has 0 unspecified atom stereocenters. The molecule has 0 bridgehead atoms. The van der Waals surface area contributed by atoms with Crippen molar-refractivity contribution in [3.8, 4) is 6.01 Å². The van der Waals surface area contributed by atoms with Crippen LogP contribution >= 0.6 is 0 Å². The van der Waals surface area contributed by atoms with Gasteiger partial charge in [0.2, 0.25) is 0 Å². The van der Waals surface area contributed by atoms with Crippen molar-refractivity contribution >= 4 is 10.8 Å². The molecule has 0 aliphatic carbocycles. The maximum Gasteiger partial charge on any atom is 0.293 e. The number of H-pyrrole nitrogens is 1. The van der Waals surface area contributed by atoms with Gasteiger partial charge in [0.1, 0.15) is 0 Å². The van der Waals surface area contributed by atoms with Crippen LogP contribution < -0.4 is 4.74 Å². The number of aromatic amines is 1. The fraction of sp³-hybridized carbons (Fsp3) is 0.143. The molecule has 1 N–H and O–H groups in total. The summed E-state index contributed by atoms with van der Waals surface area (Å²) in [5.41, 5.74) is 1.06. The van der Waals surface area contributed by atoms with Crippen LogP contribution in [0.4, 0.5) is 0 Å². The lowest BCUT2D eigenvalue weighted by molar-refractivity contribution is 0.298. The minimum absolute atomic E-state index is 0.551. The summed E-state index contributed by atoms with van der Waals surface area (Å²) in [6.07, 6.45) is 6.02. The molecule has 0 amide bonds. The number of imidazole rings is 1. The largest absolute Gasteiger partial charge is 0.464 e. The monoisotopic (exact) mass is 239 g/mol. The first-order valence-electron chi connectivity index (χ1n) is 5.88. The molecule has 1 aromatic carbocycles. The molecule has 0 radical (unpaired) electrons. The Morgan fingerprint density at radius 2 is 2.00 bits per heavy atom. The third-order valence-corrected chi connectivity index (χ3v) is 2.81. The molecule has 18 heavy (non-hydrogen) atoms. The Kier molecular flexibility index (Phi) is 2.92. The number of benzene rings is 1. The van der Waals surface area contributed by atoms with E-state index in [0.717, 1.165) is 12.1 Å². The highest BCUT2D eigenvalue weighted by Crippen LogP contribution is 2.16. The second-order valence-electron chi connectivity index (χ2n) is 3.97. The first kappa shape index (κ1) is 10.8. The van der Waals surface area contributed by atoms with Gasteiger partial charge in [-0.15, -0.1) is 0 Å². The van der Waals surface area contributed by atoms with Crippen LogP contribution in [-0.4, -0.2) is 21.6 Å². The molecule has 3 rings (SSSR count). The third kappa shape index (κ3) is 2.18. The van der Waals surface area contributed by atoms with E-state index in [2.05, 4.69) is 27.1 Å². The molecule has 3 aromatic rings. The molecule has 2 aromatic heterocycles. The molecule has 90 valence electrons. The van der Waals surface area contributed by atoms with Crippen LogP contribution in [0.5, 0.6) is 6.01 Å². The first-order valence-corrected chi connectivity index (χ1v) is 5.88. The van der Waals surface area contributed by atoms with Crippen molar-refractivity contribution in [2.45, 2.75) is 6.42 Å². The number of rotatable bonds is 4. The lowest BCUT2D eigenvalue weighted by Gasteiger charge is -2.05. The molecule has 0 atom stereocenters. The number of nitrogens with one attached hydrogen (secondary N) is 1. The van der Waals surface area contributed by atoms with Crippen LogP contribution in [0.3, 0.4) is 0 Å². The van der Waals surface area contributed by atoms with Gasteiger partial charge in [-0.05, 0) is 11.5 Å². The van der Waals surface area contributed by atoms with Crippen LogP contribution in [0.1, 0.15) is 5.69 Å². The minimum atomic E-state index is 0.551. The fourth-order valence-electron chi connectivity index (χ4n) is 1.96. The van der Waals surface area contributed by atoms with E-state index in [4.69, 9.17) is 4.74 Å². The van der Waals surface area contributed by atoms with E-state index >= 15 is 0 Å². The zero-order valence-electron chi connectivity index (χ0n) is 9.84.